The summed E-state index contributed by atoms with van der Waals surface area (Å²) in [7, 11) is 1.17. The van der Waals surface area contributed by atoms with Gasteiger partial charge in [0, 0.05) is 0 Å². The lowest BCUT2D eigenvalue weighted by molar-refractivity contribution is -0.137. The summed E-state index contributed by atoms with van der Waals surface area (Å²) in [6.07, 6.45) is 9.03. The fourth-order valence-electron chi connectivity index (χ4n) is 1.20. The first-order valence-corrected chi connectivity index (χ1v) is 5.27. The van der Waals surface area contributed by atoms with Crippen LogP contribution in [0, 0.1) is 0 Å². The molecule has 0 aliphatic rings. The molecular formula is C12H19FO2. The van der Waals surface area contributed by atoms with Crippen LogP contribution >= 0.6 is 0 Å². The number of carbonyl (C=O) groups excluding carboxylic acids is 1. The van der Waals surface area contributed by atoms with Crippen LogP contribution in [-0.2, 0) is 9.53 Å². The van der Waals surface area contributed by atoms with Gasteiger partial charge in [0.15, 0.2) is 0 Å². The van der Waals surface area contributed by atoms with Gasteiger partial charge in [0.25, 0.3) is 0 Å². The van der Waals surface area contributed by atoms with E-state index in [0.717, 1.165) is 32.1 Å². The van der Waals surface area contributed by atoms with Gasteiger partial charge in [-0.1, -0.05) is 18.9 Å². The smallest absolute Gasteiger partial charge is 0.366 e. The van der Waals surface area contributed by atoms with E-state index in [1.165, 1.54) is 13.2 Å². The first-order valence-electron chi connectivity index (χ1n) is 5.27. The van der Waals surface area contributed by atoms with E-state index in [1.54, 1.807) is 0 Å². The van der Waals surface area contributed by atoms with E-state index in [-0.39, 0.29) is 0 Å². The van der Waals surface area contributed by atoms with Gasteiger partial charge in [-0.15, -0.1) is 6.58 Å². The average molecular weight is 214 g/mol. The molecule has 0 unspecified atom stereocenters. The van der Waals surface area contributed by atoms with Gasteiger partial charge in [-0.25, -0.2) is 4.79 Å². The minimum absolute atomic E-state index is 0.592. The van der Waals surface area contributed by atoms with Crippen molar-refractivity contribution in [2.75, 3.05) is 7.11 Å². The molecule has 0 saturated heterocycles. The quantitative estimate of drug-likeness (QED) is 0.267. The highest BCUT2D eigenvalue weighted by atomic mass is 19.1. The van der Waals surface area contributed by atoms with Gasteiger partial charge in [-0.3, -0.25) is 0 Å². The van der Waals surface area contributed by atoms with Gasteiger partial charge in [-0.05, 0) is 31.8 Å². The molecule has 0 bridgehead atoms. The lowest BCUT2D eigenvalue weighted by atomic mass is 10.1. The topological polar surface area (TPSA) is 26.3 Å². The Balaban J connectivity index is 3.44. The monoisotopic (exact) mass is 214 g/mol. The number of hydrogen-bond acceptors (Lipinski definition) is 2. The largest absolute Gasteiger partial charge is 0.464 e. The van der Waals surface area contributed by atoms with E-state index >= 15 is 0 Å². The Morgan fingerprint density at radius 3 is 2.40 bits per heavy atom. The van der Waals surface area contributed by atoms with E-state index in [2.05, 4.69) is 11.3 Å². The fourth-order valence-corrected chi connectivity index (χ4v) is 1.20. The maximum absolute atomic E-state index is 12.8. The molecule has 86 valence electrons. The van der Waals surface area contributed by atoms with Gasteiger partial charge in [0.1, 0.15) is 0 Å². The van der Waals surface area contributed by atoms with Gasteiger partial charge < -0.3 is 4.74 Å². The minimum atomic E-state index is -0.887. The number of halogens is 1. The molecule has 0 saturated carbocycles. The second-order valence-electron chi connectivity index (χ2n) is 3.32. The SMILES string of the molecule is C=CCCCCCC/C=C(\F)C(=O)OC. The summed E-state index contributed by atoms with van der Waals surface area (Å²) in [5, 5.41) is 0. The summed E-state index contributed by atoms with van der Waals surface area (Å²) in [6.45, 7) is 3.64. The van der Waals surface area contributed by atoms with Crippen LogP contribution in [0.25, 0.3) is 0 Å². The number of hydrogen-bond donors (Lipinski definition) is 0. The zero-order chi connectivity index (χ0) is 11.5. The first-order chi connectivity index (χ1) is 7.22. The molecule has 15 heavy (non-hydrogen) atoms. The van der Waals surface area contributed by atoms with Crippen molar-refractivity contribution < 1.29 is 13.9 Å². The van der Waals surface area contributed by atoms with Crippen molar-refractivity contribution in [1.82, 2.24) is 0 Å². The molecule has 0 fully saturated rings. The summed E-state index contributed by atoms with van der Waals surface area (Å²) in [5.41, 5.74) is 0. The first kappa shape index (κ1) is 13.9. The zero-order valence-electron chi connectivity index (χ0n) is 9.30. The number of ether oxygens (including phenoxy) is 1. The van der Waals surface area contributed by atoms with Gasteiger partial charge in [-0.2, -0.15) is 4.39 Å². The highest BCUT2D eigenvalue weighted by Gasteiger charge is 2.06. The summed E-state index contributed by atoms with van der Waals surface area (Å²) in [6, 6.07) is 0. The van der Waals surface area contributed by atoms with Crippen molar-refractivity contribution >= 4 is 5.97 Å². The summed E-state index contributed by atoms with van der Waals surface area (Å²) >= 11 is 0. The van der Waals surface area contributed by atoms with Crippen LogP contribution in [0.3, 0.4) is 0 Å². The molecule has 0 aromatic rings. The predicted octanol–water partition coefficient (Wildman–Crippen LogP) is 3.54. The van der Waals surface area contributed by atoms with Crippen molar-refractivity contribution in [2.24, 2.45) is 0 Å². The predicted molar refractivity (Wildman–Crippen MR) is 59.1 cm³/mol. The van der Waals surface area contributed by atoms with Crippen LogP contribution in [0.15, 0.2) is 24.6 Å². The van der Waals surface area contributed by atoms with Crippen LogP contribution in [0.2, 0.25) is 0 Å². The van der Waals surface area contributed by atoms with Crippen LogP contribution < -0.4 is 0 Å². The van der Waals surface area contributed by atoms with E-state index in [9.17, 15) is 9.18 Å². The Morgan fingerprint density at radius 2 is 1.87 bits per heavy atom. The third-order valence-corrected chi connectivity index (χ3v) is 2.07. The molecule has 0 aromatic heterocycles. The third-order valence-electron chi connectivity index (χ3n) is 2.07. The van der Waals surface area contributed by atoms with Crippen molar-refractivity contribution in [3.63, 3.8) is 0 Å². The Hall–Kier alpha value is -1.12. The molecule has 3 heteroatoms. The highest BCUT2D eigenvalue weighted by molar-refractivity contribution is 5.85. The van der Waals surface area contributed by atoms with Gasteiger partial charge in [0.05, 0.1) is 7.11 Å². The van der Waals surface area contributed by atoms with Crippen molar-refractivity contribution in [1.29, 1.82) is 0 Å². The van der Waals surface area contributed by atoms with Crippen LogP contribution in [0.1, 0.15) is 38.5 Å². The van der Waals surface area contributed by atoms with Crippen LogP contribution in [0.4, 0.5) is 4.39 Å². The molecule has 0 radical (unpaired) electrons. The Labute approximate surface area is 90.8 Å². The summed E-state index contributed by atoms with van der Waals surface area (Å²) in [4.78, 5) is 10.6. The second-order valence-corrected chi connectivity index (χ2v) is 3.32. The lowest BCUT2D eigenvalue weighted by Gasteiger charge is -1.97. The van der Waals surface area contributed by atoms with Crippen molar-refractivity contribution in [3.8, 4) is 0 Å². The van der Waals surface area contributed by atoms with Crippen LogP contribution in [-0.4, -0.2) is 13.1 Å². The number of methoxy groups -OCH3 is 1. The molecule has 0 spiro atoms. The number of unbranched alkanes of at least 4 members (excludes halogenated alkanes) is 5. The number of esters is 1. The fraction of sp³-hybridized carbons (Fsp3) is 0.583. The molecule has 0 aliphatic carbocycles. The molecule has 0 heterocycles. The summed E-state index contributed by atoms with van der Waals surface area (Å²) in [5.74, 6) is -1.68. The van der Waals surface area contributed by atoms with Gasteiger partial charge in [0.2, 0.25) is 5.83 Å². The standard InChI is InChI=1S/C12H19FO2/c1-3-4-5-6-7-8-9-10-11(13)12(14)15-2/h3,10H,1,4-9H2,2H3/b11-10-. The Kier molecular flexibility index (Phi) is 8.73. The van der Waals surface area contributed by atoms with E-state index in [0.29, 0.717) is 6.42 Å². The molecule has 2 nitrogen and oxygen atoms in total. The normalized spacial score (nSPS) is 11.2. The molecule has 0 aromatic carbocycles. The molecular weight excluding hydrogens is 195 g/mol. The number of allylic oxidation sites excluding steroid dienone is 2. The zero-order valence-corrected chi connectivity index (χ0v) is 9.30. The number of carbonyl (C=O) groups is 1. The van der Waals surface area contributed by atoms with Crippen LogP contribution in [0.5, 0.6) is 0 Å². The van der Waals surface area contributed by atoms with E-state index < -0.39 is 11.8 Å². The molecule has 0 rings (SSSR count). The minimum Gasteiger partial charge on any atom is -0.464 e. The molecule has 0 atom stereocenters. The van der Waals surface area contributed by atoms with Crippen molar-refractivity contribution in [3.05, 3.63) is 24.6 Å². The number of rotatable bonds is 8. The van der Waals surface area contributed by atoms with Crippen molar-refractivity contribution in [2.45, 2.75) is 38.5 Å². The van der Waals surface area contributed by atoms with Gasteiger partial charge >= 0.3 is 5.97 Å². The van der Waals surface area contributed by atoms with E-state index in [4.69, 9.17) is 0 Å². The Bertz CT molecular complexity index is 222. The molecule has 0 aliphatic heterocycles. The maximum Gasteiger partial charge on any atom is 0.366 e. The molecule has 0 amide bonds. The third kappa shape index (κ3) is 7.91. The second kappa shape index (κ2) is 9.44. The highest BCUT2D eigenvalue weighted by Crippen LogP contribution is 2.08. The van der Waals surface area contributed by atoms with E-state index in [1.807, 2.05) is 6.08 Å². The maximum atomic E-state index is 12.8. The molecule has 0 N–H and O–H groups in total. The average Bonchev–Trinajstić information content (AvgIpc) is 2.26. The Morgan fingerprint density at radius 1 is 1.27 bits per heavy atom. The summed E-state index contributed by atoms with van der Waals surface area (Å²) < 4.78 is 17.0. The lowest BCUT2D eigenvalue weighted by Crippen LogP contribution is -2.00.